The summed E-state index contributed by atoms with van der Waals surface area (Å²) in [6.07, 6.45) is 2.94. The fraction of sp³-hybridized carbons (Fsp3) is 0.100. The van der Waals surface area contributed by atoms with Crippen LogP contribution < -0.4 is 4.72 Å². The van der Waals surface area contributed by atoms with Crippen LogP contribution in [0.1, 0.15) is 0 Å². The van der Waals surface area contributed by atoms with Gasteiger partial charge >= 0.3 is 5.97 Å². The van der Waals surface area contributed by atoms with Crippen molar-refractivity contribution in [3.63, 3.8) is 0 Å². The van der Waals surface area contributed by atoms with Gasteiger partial charge in [0.25, 0.3) is 10.0 Å². The molecule has 0 atom stereocenters. The van der Waals surface area contributed by atoms with Gasteiger partial charge in [-0.15, -0.1) is 0 Å². The SMILES string of the molecule is O=C(O)Cn1cc(S(=O)(=O)Nc2ccc(F)cn2)cn1. The lowest BCUT2D eigenvalue weighted by molar-refractivity contribution is -0.137. The van der Waals surface area contributed by atoms with Crippen molar-refractivity contribution in [1.29, 1.82) is 0 Å². The Morgan fingerprint density at radius 1 is 1.40 bits per heavy atom. The summed E-state index contributed by atoms with van der Waals surface area (Å²) in [6, 6.07) is 2.22. The van der Waals surface area contributed by atoms with E-state index in [9.17, 15) is 17.6 Å². The van der Waals surface area contributed by atoms with Gasteiger partial charge in [0.05, 0.1) is 12.4 Å². The molecule has 0 aliphatic rings. The van der Waals surface area contributed by atoms with Gasteiger partial charge in [-0.1, -0.05) is 0 Å². The number of pyridine rings is 1. The molecule has 0 saturated heterocycles. The van der Waals surface area contributed by atoms with Crippen molar-refractivity contribution in [2.24, 2.45) is 0 Å². The van der Waals surface area contributed by atoms with Gasteiger partial charge in [0.1, 0.15) is 23.1 Å². The highest BCUT2D eigenvalue weighted by atomic mass is 32.2. The lowest BCUT2D eigenvalue weighted by Gasteiger charge is -2.04. The van der Waals surface area contributed by atoms with Gasteiger partial charge in [-0.25, -0.2) is 17.8 Å². The molecule has 10 heteroatoms. The van der Waals surface area contributed by atoms with E-state index in [0.29, 0.717) is 0 Å². The van der Waals surface area contributed by atoms with Crippen LogP contribution in [0.3, 0.4) is 0 Å². The van der Waals surface area contributed by atoms with Crippen LogP contribution in [-0.4, -0.2) is 34.3 Å². The van der Waals surface area contributed by atoms with E-state index in [4.69, 9.17) is 5.11 Å². The first-order valence-electron chi connectivity index (χ1n) is 5.25. The number of carbonyl (C=O) groups is 1. The maximum Gasteiger partial charge on any atom is 0.325 e. The third-order valence-corrected chi connectivity index (χ3v) is 3.49. The normalized spacial score (nSPS) is 11.2. The topological polar surface area (TPSA) is 114 Å². The fourth-order valence-electron chi connectivity index (χ4n) is 1.34. The largest absolute Gasteiger partial charge is 0.480 e. The number of nitrogens with one attached hydrogen (secondary N) is 1. The van der Waals surface area contributed by atoms with Crippen LogP contribution in [0.2, 0.25) is 0 Å². The van der Waals surface area contributed by atoms with Gasteiger partial charge in [-0.05, 0) is 12.1 Å². The summed E-state index contributed by atoms with van der Waals surface area (Å²) in [7, 11) is -3.95. The Morgan fingerprint density at radius 3 is 2.75 bits per heavy atom. The zero-order valence-corrected chi connectivity index (χ0v) is 10.7. The highest BCUT2D eigenvalue weighted by Crippen LogP contribution is 2.13. The lowest BCUT2D eigenvalue weighted by atomic mass is 10.5. The van der Waals surface area contributed by atoms with E-state index in [1.807, 2.05) is 0 Å². The monoisotopic (exact) mass is 300 g/mol. The third kappa shape index (κ3) is 3.29. The molecule has 0 saturated carbocycles. The summed E-state index contributed by atoms with van der Waals surface area (Å²) >= 11 is 0. The van der Waals surface area contributed by atoms with Crippen molar-refractivity contribution in [2.75, 3.05) is 4.72 Å². The van der Waals surface area contributed by atoms with Gasteiger partial charge in [-0.2, -0.15) is 5.10 Å². The second-order valence-electron chi connectivity index (χ2n) is 3.73. The molecule has 0 radical (unpaired) electrons. The van der Waals surface area contributed by atoms with Gasteiger partial charge in [0.15, 0.2) is 0 Å². The maximum atomic E-state index is 12.7. The molecule has 0 bridgehead atoms. The van der Waals surface area contributed by atoms with Gasteiger partial charge in [0.2, 0.25) is 0 Å². The molecule has 0 amide bonds. The Labute approximate surface area is 112 Å². The molecule has 2 aromatic heterocycles. The summed E-state index contributed by atoms with van der Waals surface area (Å²) in [4.78, 5) is 13.8. The van der Waals surface area contributed by atoms with Crippen LogP contribution >= 0.6 is 0 Å². The Bertz CT molecular complexity index is 726. The molecule has 0 spiro atoms. The van der Waals surface area contributed by atoms with E-state index < -0.39 is 28.4 Å². The van der Waals surface area contributed by atoms with E-state index in [2.05, 4.69) is 14.8 Å². The molecular weight excluding hydrogens is 291 g/mol. The second kappa shape index (κ2) is 5.25. The van der Waals surface area contributed by atoms with Crippen LogP contribution in [0.15, 0.2) is 35.6 Å². The lowest BCUT2D eigenvalue weighted by Crippen LogP contribution is -2.13. The van der Waals surface area contributed by atoms with Gasteiger partial charge in [0, 0.05) is 6.20 Å². The molecule has 2 N–H and O–H groups in total. The fourth-order valence-corrected chi connectivity index (χ4v) is 2.30. The van der Waals surface area contributed by atoms with E-state index in [1.165, 1.54) is 0 Å². The van der Waals surface area contributed by atoms with E-state index in [1.54, 1.807) is 0 Å². The number of rotatable bonds is 5. The average Bonchev–Trinajstić information content (AvgIpc) is 2.80. The Hall–Kier alpha value is -2.49. The highest BCUT2D eigenvalue weighted by molar-refractivity contribution is 7.92. The average molecular weight is 300 g/mol. The minimum atomic E-state index is -3.95. The van der Waals surface area contributed by atoms with Gasteiger partial charge in [-0.3, -0.25) is 14.2 Å². The second-order valence-corrected chi connectivity index (χ2v) is 5.42. The van der Waals surface area contributed by atoms with E-state index >= 15 is 0 Å². The summed E-state index contributed by atoms with van der Waals surface area (Å²) in [6.45, 7) is -0.454. The first kappa shape index (κ1) is 13.9. The highest BCUT2D eigenvalue weighted by Gasteiger charge is 2.17. The van der Waals surface area contributed by atoms with Crippen LogP contribution in [0.5, 0.6) is 0 Å². The van der Waals surface area contributed by atoms with Crippen LogP contribution in [0, 0.1) is 5.82 Å². The minimum Gasteiger partial charge on any atom is -0.480 e. The van der Waals surface area contributed by atoms with Crippen LogP contribution in [0.4, 0.5) is 10.2 Å². The number of carboxylic acids is 1. The number of aromatic nitrogens is 3. The zero-order valence-electron chi connectivity index (χ0n) is 9.89. The maximum absolute atomic E-state index is 12.7. The molecule has 0 aliphatic heterocycles. The van der Waals surface area contributed by atoms with Crippen molar-refractivity contribution < 1.29 is 22.7 Å². The molecule has 0 unspecified atom stereocenters. The molecule has 2 aromatic rings. The minimum absolute atomic E-state index is 0.0580. The number of sulfonamides is 1. The van der Waals surface area contributed by atoms with E-state index in [-0.39, 0.29) is 10.7 Å². The first-order valence-corrected chi connectivity index (χ1v) is 6.74. The molecule has 2 rings (SSSR count). The van der Waals surface area contributed by atoms with Crippen LogP contribution in [0.25, 0.3) is 0 Å². The molecule has 2 heterocycles. The molecule has 0 aromatic carbocycles. The molecule has 8 nitrogen and oxygen atoms in total. The third-order valence-electron chi connectivity index (χ3n) is 2.18. The summed E-state index contributed by atoms with van der Waals surface area (Å²) in [5, 5.41) is 12.2. The predicted octanol–water partition coefficient (Wildman–Crippen LogP) is 0.303. The van der Waals surface area contributed by atoms with Crippen LogP contribution in [-0.2, 0) is 21.4 Å². The number of hydrogen-bond acceptors (Lipinski definition) is 5. The Balaban J connectivity index is 2.19. The Morgan fingerprint density at radius 2 is 2.15 bits per heavy atom. The number of anilines is 1. The Kier molecular flexibility index (Phi) is 3.66. The molecule has 106 valence electrons. The summed E-state index contributed by atoms with van der Waals surface area (Å²) in [5.74, 6) is -1.80. The number of carboxylic acid groups (broad SMARTS) is 1. The summed E-state index contributed by atoms with van der Waals surface area (Å²) in [5.41, 5.74) is 0. The number of halogens is 1. The summed E-state index contributed by atoms with van der Waals surface area (Å²) < 4.78 is 39.6. The predicted molar refractivity (Wildman–Crippen MR) is 64.9 cm³/mol. The standard InChI is InChI=1S/C10H9FN4O4S/c11-7-1-2-9(12-3-7)14-20(18,19)8-4-13-15(5-8)6-10(16)17/h1-5H,6H2,(H,12,14)(H,16,17). The molecule has 20 heavy (non-hydrogen) atoms. The number of aliphatic carboxylic acids is 1. The van der Waals surface area contributed by atoms with Crippen molar-refractivity contribution in [2.45, 2.75) is 11.4 Å². The quantitative estimate of drug-likeness (QED) is 0.821. The van der Waals surface area contributed by atoms with Crippen molar-refractivity contribution >= 4 is 21.8 Å². The zero-order chi connectivity index (χ0) is 14.8. The first-order chi connectivity index (χ1) is 9.37. The number of hydrogen-bond donors (Lipinski definition) is 2. The van der Waals surface area contributed by atoms with Crippen molar-refractivity contribution in [3.05, 3.63) is 36.5 Å². The van der Waals surface area contributed by atoms with Gasteiger partial charge < -0.3 is 5.11 Å². The molecular formula is C10H9FN4O4S. The van der Waals surface area contributed by atoms with E-state index in [0.717, 1.165) is 35.4 Å². The van der Waals surface area contributed by atoms with Crippen molar-refractivity contribution in [3.8, 4) is 0 Å². The number of nitrogens with zero attached hydrogens (tertiary/aromatic N) is 3. The van der Waals surface area contributed by atoms with Crippen molar-refractivity contribution in [1.82, 2.24) is 14.8 Å². The molecule has 0 fully saturated rings. The molecule has 0 aliphatic carbocycles. The smallest absolute Gasteiger partial charge is 0.325 e.